The van der Waals surface area contributed by atoms with Crippen LogP contribution in [0.15, 0.2) is 125 Å². The summed E-state index contributed by atoms with van der Waals surface area (Å²) in [5.74, 6) is -3.64. The maximum absolute atomic E-state index is 12.9. The Hall–Kier alpha value is -1.25. The number of carbonyl (C=O) groups excluding carboxylic acids is 1. The van der Waals surface area contributed by atoms with E-state index in [0.29, 0.717) is 35.3 Å². The molecule has 0 aliphatic heterocycles. The van der Waals surface area contributed by atoms with Crippen LogP contribution < -0.4 is 129 Å². The summed E-state index contributed by atoms with van der Waals surface area (Å²) in [6, 6.07) is 14.6. The molecule has 5 aromatic rings. The average Bonchev–Trinajstić information content (AvgIpc) is 3.22. The van der Waals surface area contributed by atoms with Crippen LogP contribution in [0.2, 0.25) is 0 Å². The number of hydrogen-bond donors (Lipinski definition) is 3. The molecule has 26 nitrogen and oxygen atoms in total. The summed E-state index contributed by atoms with van der Waals surface area (Å²) >= 11 is 0.650. The first-order valence-corrected chi connectivity index (χ1v) is 26.8. The number of nitrogens with one attached hydrogen (secondary N) is 1. The van der Waals surface area contributed by atoms with Gasteiger partial charge in [-0.05, 0) is 90.3 Å². The second-order valence-corrected chi connectivity index (χ2v) is 21.8. The number of carbonyl (C=O) groups is 1. The molecule has 0 unspecified atom stereocenters. The van der Waals surface area contributed by atoms with Crippen LogP contribution in [0.25, 0.3) is 10.8 Å². The van der Waals surface area contributed by atoms with E-state index in [1.807, 2.05) is 0 Å². The number of phenolic OH excluding ortho intramolecular Hbond substituents is 1. The molecule has 4 N–H and O–H groups in total. The molecular formula is C33H26FIN6Na4O20S6. The number of anilines is 2. The Morgan fingerprint density at radius 3 is 1.35 bits per heavy atom. The predicted octanol–water partition coefficient (Wildman–Crippen LogP) is -8.16. The molecule has 5 rings (SSSR count). The molecule has 0 aliphatic rings. The van der Waals surface area contributed by atoms with E-state index >= 15 is 0 Å². The zero-order chi connectivity index (χ0) is 50.3. The molecule has 0 heterocycles. The Morgan fingerprint density at radius 1 is 0.592 bits per heavy atom. The van der Waals surface area contributed by atoms with Gasteiger partial charge in [0.15, 0.2) is 48.6 Å². The Morgan fingerprint density at radius 2 is 0.958 bits per heavy atom. The van der Waals surface area contributed by atoms with Gasteiger partial charge in [0.05, 0.1) is 66.7 Å². The molecule has 0 atom stereocenters. The number of amides is 1. The van der Waals surface area contributed by atoms with Gasteiger partial charge < -0.3 is 34.4 Å². The van der Waals surface area contributed by atoms with Crippen molar-refractivity contribution in [3.63, 3.8) is 0 Å². The summed E-state index contributed by atoms with van der Waals surface area (Å²) in [6.45, 7) is -1.90. The van der Waals surface area contributed by atoms with Crippen molar-refractivity contribution in [2.24, 2.45) is 20.5 Å². The standard InChI is InChI=1S/C33H30N6O20S6.FI.4Na/c34-29-28-20(18-27(63(49,50)51)31(32(28)40)39-37-23-7-11-25(12-8-23)61(44,45)16-14-59-65(55,56)57)17-26(62(46,47)48)30(29)38-36-22-3-1-19(2-4-22)33(41)35-21-5-9-24(10-6-21)60(42,43)15-13-58-64(52,53)54;1-2;;;;/h1-12,17-18,40H,13-16,34H2,(H,35,41)(H,46,47,48)(H,49,50,51)(H,52,53,54)(H,55,56,57);;;;;/q;;4*+1/p-4. The topological polar surface area (TPSA) is 440 Å². The normalized spacial score (nSPS) is 12.1. The molecule has 0 spiro atoms. The van der Waals surface area contributed by atoms with Crippen molar-refractivity contribution >= 4 is 135 Å². The molecule has 0 fully saturated rings. The first kappa shape index (κ1) is 69.8. The number of nitrogens with zero attached hydrogens (tertiary/aromatic N) is 4. The predicted molar refractivity (Wildman–Crippen MR) is 232 cm³/mol. The van der Waals surface area contributed by atoms with Gasteiger partial charge in [0, 0.05) is 11.3 Å². The number of halogens is 2. The minimum absolute atomic E-state index is 0. The Balaban J connectivity index is 0.00000806. The van der Waals surface area contributed by atoms with E-state index in [-0.39, 0.29) is 146 Å². The summed E-state index contributed by atoms with van der Waals surface area (Å²) in [5.41, 5.74) is 3.33. The fourth-order valence-corrected chi connectivity index (χ4v) is 9.65. The molecule has 0 saturated heterocycles. The van der Waals surface area contributed by atoms with E-state index in [1.165, 1.54) is 36.4 Å². The molecule has 5 aromatic carbocycles. The molecule has 1 amide bonds. The van der Waals surface area contributed by atoms with Gasteiger partial charge in [-0.25, -0.2) is 50.5 Å². The smallest absolute Gasteiger partial charge is 0.744 e. The van der Waals surface area contributed by atoms with Crippen LogP contribution in [0.1, 0.15) is 10.4 Å². The van der Waals surface area contributed by atoms with Crippen LogP contribution in [0.3, 0.4) is 0 Å². The molecule has 0 aromatic heterocycles. The third-order valence-corrected chi connectivity index (χ3v) is 14.3. The first-order valence-electron chi connectivity index (χ1n) is 17.2. The minimum atomic E-state index is -5.56. The van der Waals surface area contributed by atoms with Gasteiger partial charge >= 0.3 is 118 Å². The van der Waals surface area contributed by atoms with E-state index in [0.717, 1.165) is 36.4 Å². The molecule has 0 bridgehead atoms. The van der Waals surface area contributed by atoms with Gasteiger partial charge in [0.1, 0.15) is 31.6 Å². The Kier molecular flexibility index (Phi) is 28.3. The van der Waals surface area contributed by atoms with Crippen molar-refractivity contribution in [3.05, 3.63) is 90.5 Å². The molecule has 71 heavy (non-hydrogen) atoms. The van der Waals surface area contributed by atoms with Crippen molar-refractivity contribution < 1.29 is 208 Å². The number of azo groups is 2. The maximum Gasteiger partial charge on any atom is 1.00 e. The van der Waals surface area contributed by atoms with Gasteiger partial charge in [0.2, 0.25) is 20.8 Å². The minimum Gasteiger partial charge on any atom is -0.744 e. The summed E-state index contributed by atoms with van der Waals surface area (Å²) in [6.07, 6.45) is 0. The van der Waals surface area contributed by atoms with Crippen molar-refractivity contribution in [1.29, 1.82) is 0 Å². The average molecular weight is 1260 g/mol. The molecule has 38 heteroatoms. The molecule has 362 valence electrons. The summed E-state index contributed by atoms with van der Waals surface area (Å²) < 4.78 is 204. The van der Waals surface area contributed by atoms with Crippen molar-refractivity contribution in [2.45, 2.75) is 19.6 Å². The summed E-state index contributed by atoms with van der Waals surface area (Å²) in [7, 11) is -29.6. The fraction of sp³-hybridized carbons (Fsp3) is 0.121. The number of nitrogens with two attached hydrogens (primary N) is 1. The van der Waals surface area contributed by atoms with Crippen LogP contribution in [0.5, 0.6) is 5.75 Å². The van der Waals surface area contributed by atoms with E-state index in [4.69, 9.17) is 5.73 Å². The summed E-state index contributed by atoms with van der Waals surface area (Å²) in [4.78, 5) is 9.76. The number of fused-ring (bicyclic) bond motifs is 1. The van der Waals surface area contributed by atoms with Crippen LogP contribution in [-0.2, 0) is 69.1 Å². The van der Waals surface area contributed by atoms with Crippen LogP contribution >= 0.6 is 23.2 Å². The molecule has 0 radical (unpaired) electrons. The Labute approximate surface area is 507 Å². The van der Waals surface area contributed by atoms with E-state index in [9.17, 15) is 81.5 Å². The Bertz CT molecular complexity index is 3480. The number of aromatic hydroxyl groups is 1. The molecule has 0 saturated carbocycles. The van der Waals surface area contributed by atoms with Crippen LogP contribution in [0.4, 0.5) is 37.0 Å². The van der Waals surface area contributed by atoms with E-state index < -0.39 is 140 Å². The SMILES string of the molecule is FI.Nc1c(N=Nc2ccc(C(=O)Nc3ccc(S(=O)(=O)CCOS(=O)(=O)[O-])cc3)cc2)c(S(=O)(=O)[O-])cc2cc(S(=O)(=O)[O-])c(N=Nc3ccc(S(=O)(=O)CCOS(=O)(=O)[O-])cc3)c(O)c12.[Na+].[Na+].[Na+].[Na+]. The zero-order valence-corrected chi connectivity index (χ0v) is 51.7. The van der Waals surface area contributed by atoms with Crippen molar-refractivity contribution in [1.82, 2.24) is 0 Å². The number of sulfone groups is 2. The van der Waals surface area contributed by atoms with Crippen LogP contribution in [0, 0.1) is 0 Å². The third-order valence-electron chi connectivity index (χ3n) is 8.34. The van der Waals surface area contributed by atoms with Gasteiger partial charge in [0.25, 0.3) is 5.91 Å². The molecule has 0 aliphatic carbocycles. The number of benzene rings is 5. The fourth-order valence-electron chi connectivity index (χ4n) is 5.38. The van der Waals surface area contributed by atoms with Crippen LogP contribution in [-0.4, -0.2) is 104 Å². The maximum atomic E-state index is 12.9. The number of nitrogen functional groups attached to an aromatic ring is 1. The monoisotopic (exact) mass is 1260 g/mol. The second kappa shape index (κ2) is 28.8. The van der Waals surface area contributed by atoms with Gasteiger partial charge in [-0.1, -0.05) is 0 Å². The number of phenols is 1. The first-order chi connectivity index (χ1) is 30.9. The van der Waals surface area contributed by atoms with Crippen molar-refractivity contribution in [3.8, 4) is 5.75 Å². The van der Waals surface area contributed by atoms with Gasteiger partial charge in [-0.15, -0.1) is 10.2 Å². The quantitative estimate of drug-likeness (QED) is 0.0183. The zero-order valence-electron chi connectivity index (χ0n) is 36.7. The van der Waals surface area contributed by atoms with Gasteiger partial charge in [-0.3, -0.25) is 13.2 Å². The molecular weight excluding hydrogens is 1230 g/mol. The number of hydrogen-bond acceptors (Lipinski definition) is 25. The van der Waals surface area contributed by atoms with Gasteiger partial charge in [-0.2, -0.15) is 13.1 Å². The van der Waals surface area contributed by atoms with Crippen molar-refractivity contribution in [2.75, 3.05) is 35.8 Å². The van der Waals surface area contributed by atoms with E-state index in [1.54, 1.807) is 0 Å². The van der Waals surface area contributed by atoms with E-state index in [2.05, 4.69) is 34.1 Å². The second-order valence-electron chi connectivity index (χ2n) is 12.7. The third kappa shape index (κ3) is 20.3. The number of rotatable bonds is 18. The largest absolute Gasteiger partial charge is 1.00 e. The summed E-state index contributed by atoms with van der Waals surface area (Å²) in [5, 5.41) is 27.5.